The number of amides is 2. The molecule has 0 bridgehead atoms. The first-order valence-electron chi connectivity index (χ1n) is 18.1. The number of aliphatic hydroxyl groups is 1. The number of ether oxygens (including phenoxy) is 7. The summed E-state index contributed by atoms with van der Waals surface area (Å²) in [4.78, 5) is 70.7. The molecule has 0 aromatic heterocycles. The van der Waals surface area contributed by atoms with E-state index in [1.54, 1.807) is 41.5 Å². The van der Waals surface area contributed by atoms with E-state index in [9.17, 15) is 29.1 Å². The van der Waals surface area contributed by atoms with Crippen LogP contribution in [0.15, 0.2) is 0 Å². The van der Waals surface area contributed by atoms with E-state index in [0.717, 1.165) is 5.01 Å². The molecule has 3 rings (SSSR count). The summed E-state index contributed by atoms with van der Waals surface area (Å²) < 4.78 is 40.8. The minimum absolute atomic E-state index is 0.0401. The van der Waals surface area contributed by atoms with Crippen molar-refractivity contribution >= 4 is 29.5 Å². The second-order valence-electron chi connectivity index (χ2n) is 15.1. The van der Waals surface area contributed by atoms with Gasteiger partial charge in [0.25, 0.3) is 5.91 Å². The molecule has 3 aliphatic heterocycles. The lowest BCUT2D eigenvalue weighted by molar-refractivity contribution is -0.295. The largest absolute Gasteiger partial charge is 0.457 e. The maximum atomic E-state index is 14.5. The number of likely N-dealkylation sites (N-methyl/N-ethyl adjacent to an activating group) is 1. The Hall–Kier alpha value is -2.73. The standard InChI is InChI=1S/C36H61N3O13/c1-13-25-36(8)30(39(34(45)52-36)37-26(40)18-48-15-14-46-11)21(4)27(41)19(2)17-35(7,47-12)31(22(5)28(42)23(6)32(44)50-25)51-33-29(43)24(38(9)10)16-20(3)49-33/h19-25,29-31,33,43H,13-18H2,1-12H3,(H,37,40)/t19-,20-,21-,22+,23-,24+,25+,29-,30-,31-,33+,35-,36-/m1/s1. The fourth-order valence-electron chi connectivity index (χ4n) is 7.96. The predicted molar refractivity (Wildman–Crippen MR) is 186 cm³/mol. The maximum Gasteiger partial charge on any atom is 0.429 e. The highest BCUT2D eigenvalue weighted by atomic mass is 16.7. The zero-order chi connectivity index (χ0) is 39.3. The van der Waals surface area contributed by atoms with E-state index in [-0.39, 0.29) is 44.0 Å². The van der Waals surface area contributed by atoms with Gasteiger partial charge in [-0.2, -0.15) is 0 Å². The van der Waals surface area contributed by atoms with E-state index in [4.69, 9.17) is 33.2 Å². The molecule has 0 aromatic carbocycles. The van der Waals surface area contributed by atoms with Gasteiger partial charge in [0.05, 0.1) is 31.0 Å². The quantitative estimate of drug-likeness (QED) is 0.177. The zero-order valence-corrected chi connectivity index (χ0v) is 32.8. The van der Waals surface area contributed by atoms with Crippen LogP contribution in [0.5, 0.6) is 0 Å². The summed E-state index contributed by atoms with van der Waals surface area (Å²) in [5, 5.41) is 12.3. The second kappa shape index (κ2) is 18.1. The van der Waals surface area contributed by atoms with Crippen molar-refractivity contribution in [1.82, 2.24) is 15.3 Å². The van der Waals surface area contributed by atoms with Gasteiger partial charge >= 0.3 is 12.1 Å². The van der Waals surface area contributed by atoms with Crippen molar-refractivity contribution in [1.29, 1.82) is 0 Å². The average Bonchev–Trinajstić information content (AvgIpc) is 3.35. The van der Waals surface area contributed by atoms with Gasteiger partial charge in [0.2, 0.25) is 0 Å². The summed E-state index contributed by atoms with van der Waals surface area (Å²) in [7, 11) is 6.62. The number of ketones is 2. The van der Waals surface area contributed by atoms with Crippen LogP contribution in [0.3, 0.4) is 0 Å². The Kier molecular flexibility index (Phi) is 15.2. The van der Waals surface area contributed by atoms with Crippen LogP contribution in [0.2, 0.25) is 0 Å². The fourth-order valence-corrected chi connectivity index (χ4v) is 7.96. The van der Waals surface area contributed by atoms with Gasteiger partial charge in [0, 0.05) is 38.0 Å². The Balaban J connectivity index is 2.09. The first-order valence-corrected chi connectivity index (χ1v) is 18.1. The molecule has 16 nitrogen and oxygen atoms in total. The smallest absolute Gasteiger partial charge is 0.429 e. The summed E-state index contributed by atoms with van der Waals surface area (Å²) in [5.41, 5.74) is -0.427. The highest BCUT2D eigenvalue weighted by Crippen LogP contribution is 2.42. The number of hydrazine groups is 1. The van der Waals surface area contributed by atoms with Crippen molar-refractivity contribution in [2.45, 2.75) is 129 Å². The summed E-state index contributed by atoms with van der Waals surface area (Å²) in [6.07, 6.45) is -4.95. The van der Waals surface area contributed by atoms with Gasteiger partial charge in [0.15, 0.2) is 17.7 Å². The van der Waals surface area contributed by atoms with E-state index < -0.39 is 95.9 Å². The summed E-state index contributed by atoms with van der Waals surface area (Å²) in [6, 6.07) is -1.45. The number of rotatable bonds is 11. The number of hydrogen-bond donors (Lipinski definition) is 2. The molecule has 3 aliphatic rings. The molecule has 52 heavy (non-hydrogen) atoms. The Morgan fingerprint density at radius 1 is 1.02 bits per heavy atom. The number of aliphatic hydroxyl groups excluding tert-OH is 1. The molecule has 3 heterocycles. The minimum Gasteiger partial charge on any atom is -0.457 e. The number of hydrogen-bond acceptors (Lipinski definition) is 14. The van der Waals surface area contributed by atoms with Gasteiger partial charge < -0.3 is 43.2 Å². The molecular weight excluding hydrogens is 682 g/mol. The van der Waals surface area contributed by atoms with E-state index in [0.29, 0.717) is 6.42 Å². The van der Waals surface area contributed by atoms with E-state index >= 15 is 0 Å². The number of cyclic esters (lactones) is 1. The monoisotopic (exact) mass is 743 g/mol. The molecule has 0 saturated carbocycles. The molecular formula is C36H61N3O13. The van der Waals surface area contributed by atoms with Gasteiger partial charge in [0.1, 0.15) is 36.6 Å². The number of carbonyl (C=O) groups is 5. The van der Waals surface area contributed by atoms with Crippen molar-refractivity contribution in [2.75, 3.05) is 48.1 Å². The van der Waals surface area contributed by atoms with Crippen LogP contribution < -0.4 is 5.43 Å². The van der Waals surface area contributed by atoms with E-state index in [1.807, 2.05) is 25.9 Å². The first kappa shape index (κ1) is 43.7. The van der Waals surface area contributed by atoms with Crippen LogP contribution in [0.1, 0.15) is 74.7 Å². The van der Waals surface area contributed by atoms with Gasteiger partial charge in [-0.05, 0) is 61.1 Å². The number of carbonyl (C=O) groups excluding carboxylic acids is 5. The molecule has 0 radical (unpaired) electrons. The van der Waals surface area contributed by atoms with E-state index in [1.165, 1.54) is 21.1 Å². The predicted octanol–water partition coefficient (Wildman–Crippen LogP) is 1.88. The average molecular weight is 744 g/mol. The van der Waals surface area contributed by atoms with Gasteiger partial charge in [-0.25, -0.2) is 9.80 Å². The number of fused-ring (bicyclic) bond motifs is 1. The molecule has 0 aliphatic carbocycles. The van der Waals surface area contributed by atoms with Crippen LogP contribution in [-0.2, 0) is 52.3 Å². The number of Topliss-reactive ketones (excluding diaryl/α,β-unsaturated/α-hetero) is 2. The molecule has 2 N–H and O–H groups in total. The lowest BCUT2D eigenvalue weighted by Crippen LogP contribution is -2.62. The lowest BCUT2D eigenvalue weighted by atomic mass is 9.73. The molecule has 298 valence electrons. The van der Waals surface area contributed by atoms with Crippen LogP contribution in [0.25, 0.3) is 0 Å². The highest BCUT2D eigenvalue weighted by Gasteiger charge is 2.61. The van der Waals surface area contributed by atoms with Crippen molar-refractivity contribution in [3.63, 3.8) is 0 Å². The first-order chi connectivity index (χ1) is 24.3. The Morgan fingerprint density at radius 2 is 1.67 bits per heavy atom. The van der Waals surface area contributed by atoms with Crippen molar-refractivity contribution in [3.05, 3.63) is 0 Å². The SMILES string of the molecule is CC[C@@H]1OC(=O)[C@H](C)C(=O)[C@H](C)[C@@H](O[C@@H]2O[C@H](C)C[C@H](N(C)C)[C@H]2O)[C@](C)(OC)C[C@@H](C)C(=O)[C@@H](C)[C@H]2N(NC(=O)COCCOC)C(=O)O[C@]12C. The van der Waals surface area contributed by atoms with Gasteiger partial charge in [-0.3, -0.25) is 24.6 Å². The zero-order valence-electron chi connectivity index (χ0n) is 32.8. The third-order valence-electron chi connectivity index (χ3n) is 11.0. The van der Waals surface area contributed by atoms with Gasteiger partial charge in [-0.1, -0.05) is 27.7 Å². The van der Waals surface area contributed by atoms with Crippen LogP contribution in [0, 0.1) is 23.7 Å². The molecule has 3 saturated heterocycles. The van der Waals surface area contributed by atoms with E-state index in [2.05, 4.69) is 5.43 Å². The second-order valence-corrected chi connectivity index (χ2v) is 15.1. The summed E-state index contributed by atoms with van der Waals surface area (Å²) in [5.74, 6) is -6.39. The van der Waals surface area contributed by atoms with Crippen molar-refractivity contribution in [2.24, 2.45) is 23.7 Å². The Morgan fingerprint density at radius 3 is 2.25 bits per heavy atom. The molecule has 0 unspecified atom stereocenters. The molecule has 13 atom stereocenters. The van der Waals surface area contributed by atoms with Crippen LogP contribution in [-0.4, -0.2) is 147 Å². The minimum atomic E-state index is -1.62. The number of methoxy groups -OCH3 is 2. The third-order valence-corrected chi connectivity index (χ3v) is 11.0. The molecule has 0 spiro atoms. The summed E-state index contributed by atoms with van der Waals surface area (Å²) in [6.45, 7) is 13.2. The van der Waals surface area contributed by atoms with Crippen molar-refractivity contribution in [3.8, 4) is 0 Å². The third kappa shape index (κ3) is 9.31. The normalized spacial score (nSPS) is 39.5. The molecule has 0 aromatic rings. The highest BCUT2D eigenvalue weighted by molar-refractivity contribution is 6.00. The molecule has 3 fully saturated rings. The number of nitrogens with zero attached hydrogens (tertiary/aromatic N) is 2. The lowest BCUT2D eigenvalue weighted by Gasteiger charge is -2.47. The number of nitrogens with one attached hydrogen (secondary N) is 1. The van der Waals surface area contributed by atoms with Gasteiger partial charge in [-0.15, -0.1) is 0 Å². The maximum absolute atomic E-state index is 14.5. The Labute approximate surface area is 307 Å². The Bertz CT molecular complexity index is 1280. The van der Waals surface area contributed by atoms with Crippen molar-refractivity contribution < 1.29 is 62.2 Å². The van der Waals surface area contributed by atoms with Crippen LogP contribution in [0.4, 0.5) is 4.79 Å². The summed E-state index contributed by atoms with van der Waals surface area (Å²) >= 11 is 0. The molecule has 16 heteroatoms. The molecule has 2 amide bonds. The fraction of sp³-hybridized carbons (Fsp3) is 0.861. The number of esters is 1. The van der Waals surface area contributed by atoms with Crippen LogP contribution >= 0.6 is 0 Å². The topological polar surface area (TPSA) is 189 Å².